The number of aromatic nitrogens is 1. The molecule has 0 N–H and O–H groups in total. The summed E-state index contributed by atoms with van der Waals surface area (Å²) in [5, 5.41) is 0.835. The Morgan fingerprint density at radius 2 is 2.25 bits per heavy atom. The molecule has 3 heteroatoms. The Labute approximate surface area is 81.1 Å². The number of halogens is 1. The van der Waals surface area contributed by atoms with Gasteiger partial charge >= 0.3 is 0 Å². The van der Waals surface area contributed by atoms with Crippen molar-refractivity contribution in [3.05, 3.63) is 23.9 Å². The Bertz CT molecular complexity index is 233. The van der Waals surface area contributed by atoms with E-state index in [1.54, 1.807) is 0 Å². The van der Waals surface area contributed by atoms with Crippen molar-refractivity contribution in [1.82, 2.24) is 4.98 Å². The Morgan fingerprint density at radius 1 is 1.50 bits per heavy atom. The molecule has 0 fully saturated rings. The Balaban J connectivity index is 2.65. The van der Waals surface area contributed by atoms with Gasteiger partial charge in [-0.1, -0.05) is 22.0 Å². The lowest BCUT2D eigenvalue weighted by Gasteiger charge is -2.07. The molecule has 0 saturated heterocycles. The summed E-state index contributed by atoms with van der Waals surface area (Å²) in [4.78, 5) is 4.14. The van der Waals surface area contributed by atoms with Gasteiger partial charge in [0.05, 0.1) is 6.10 Å². The van der Waals surface area contributed by atoms with Crippen LogP contribution in [0.25, 0.3) is 0 Å². The number of rotatable bonds is 3. The van der Waals surface area contributed by atoms with Gasteiger partial charge in [0.1, 0.15) is 0 Å². The van der Waals surface area contributed by atoms with Gasteiger partial charge in [-0.3, -0.25) is 0 Å². The summed E-state index contributed by atoms with van der Waals surface area (Å²) in [6, 6.07) is 3.88. The molecule has 0 spiro atoms. The zero-order valence-electron chi connectivity index (χ0n) is 7.25. The lowest BCUT2D eigenvalue weighted by atomic mass is 10.3. The van der Waals surface area contributed by atoms with E-state index >= 15 is 0 Å². The van der Waals surface area contributed by atoms with Gasteiger partial charge in [-0.15, -0.1) is 0 Å². The van der Waals surface area contributed by atoms with E-state index < -0.39 is 0 Å². The van der Waals surface area contributed by atoms with Crippen molar-refractivity contribution in [2.24, 2.45) is 0 Å². The summed E-state index contributed by atoms with van der Waals surface area (Å²) in [7, 11) is 0. The molecule has 0 amide bonds. The van der Waals surface area contributed by atoms with Crippen LogP contribution in [-0.2, 0) is 5.33 Å². The molecule has 0 saturated carbocycles. The molecule has 1 aromatic heterocycles. The molecule has 1 heterocycles. The minimum atomic E-state index is 0.187. The summed E-state index contributed by atoms with van der Waals surface area (Å²) in [6.07, 6.45) is 2.00. The SMILES string of the molecule is CC(C)Oc1ccc(CBr)cn1. The van der Waals surface area contributed by atoms with Crippen LogP contribution < -0.4 is 4.74 Å². The minimum absolute atomic E-state index is 0.187. The van der Waals surface area contributed by atoms with Crippen molar-refractivity contribution >= 4 is 15.9 Å². The standard InChI is InChI=1S/C9H12BrNO/c1-7(2)12-9-4-3-8(5-10)6-11-9/h3-4,6-7H,5H2,1-2H3. The van der Waals surface area contributed by atoms with Gasteiger partial charge in [0.2, 0.25) is 5.88 Å². The molecule has 12 heavy (non-hydrogen) atoms. The first-order valence-corrected chi connectivity index (χ1v) is 5.02. The van der Waals surface area contributed by atoms with Gasteiger partial charge in [-0.05, 0) is 19.4 Å². The highest BCUT2D eigenvalue weighted by Crippen LogP contribution is 2.11. The lowest BCUT2D eigenvalue weighted by molar-refractivity contribution is 0.232. The third kappa shape index (κ3) is 2.81. The molecule has 1 aromatic rings. The molecule has 0 atom stereocenters. The largest absolute Gasteiger partial charge is 0.475 e. The van der Waals surface area contributed by atoms with Gasteiger partial charge in [-0.2, -0.15) is 0 Å². The van der Waals surface area contributed by atoms with E-state index in [-0.39, 0.29) is 6.10 Å². The van der Waals surface area contributed by atoms with Crippen molar-refractivity contribution < 1.29 is 4.74 Å². The van der Waals surface area contributed by atoms with Gasteiger partial charge in [0.15, 0.2) is 0 Å². The average Bonchev–Trinajstić information content (AvgIpc) is 2.05. The van der Waals surface area contributed by atoms with Gasteiger partial charge in [0, 0.05) is 17.6 Å². The molecule has 66 valence electrons. The van der Waals surface area contributed by atoms with Crippen molar-refractivity contribution in [3.63, 3.8) is 0 Å². The maximum atomic E-state index is 5.39. The fourth-order valence-corrected chi connectivity index (χ4v) is 1.13. The molecule has 2 nitrogen and oxygen atoms in total. The minimum Gasteiger partial charge on any atom is -0.475 e. The Morgan fingerprint density at radius 3 is 2.67 bits per heavy atom. The molecule has 0 aliphatic carbocycles. The van der Waals surface area contributed by atoms with Crippen LogP contribution in [0.1, 0.15) is 19.4 Å². The number of pyridine rings is 1. The Hall–Kier alpha value is -0.570. The first-order chi connectivity index (χ1) is 5.72. The first-order valence-electron chi connectivity index (χ1n) is 3.90. The van der Waals surface area contributed by atoms with Crippen LogP contribution in [0.15, 0.2) is 18.3 Å². The normalized spacial score (nSPS) is 10.3. The van der Waals surface area contributed by atoms with Crippen LogP contribution in [0.3, 0.4) is 0 Å². The molecular weight excluding hydrogens is 218 g/mol. The maximum absolute atomic E-state index is 5.39. The third-order valence-electron chi connectivity index (χ3n) is 1.31. The molecule has 1 rings (SSSR count). The number of hydrogen-bond donors (Lipinski definition) is 0. The fraction of sp³-hybridized carbons (Fsp3) is 0.444. The summed E-state index contributed by atoms with van der Waals surface area (Å²) < 4.78 is 5.39. The number of hydrogen-bond acceptors (Lipinski definition) is 2. The van der Waals surface area contributed by atoms with Crippen molar-refractivity contribution in [2.45, 2.75) is 25.3 Å². The smallest absolute Gasteiger partial charge is 0.213 e. The van der Waals surface area contributed by atoms with E-state index in [1.165, 1.54) is 0 Å². The monoisotopic (exact) mass is 229 g/mol. The van der Waals surface area contributed by atoms with Crippen LogP contribution in [-0.4, -0.2) is 11.1 Å². The van der Waals surface area contributed by atoms with Crippen LogP contribution in [0, 0.1) is 0 Å². The van der Waals surface area contributed by atoms with E-state index in [9.17, 15) is 0 Å². The van der Waals surface area contributed by atoms with E-state index in [2.05, 4.69) is 20.9 Å². The van der Waals surface area contributed by atoms with Crippen molar-refractivity contribution in [2.75, 3.05) is 0 Å². The highest BCUT2D eigenvalue weighted by atomic mass is 79.9. The molecular formula is C9H12BrNO. The second-order valence-electron chi connectivity index (χ2n) is 2.80. The quantitative estimate of drug-likeness (QED) is 0.745. The first kappa shape index (κ1) is 9.52. The molecule has 0 aliphatic rings. The second-order valence-corrected chi connectivity index (χ2v) is 3.37. The predicted molar refractivity (Wildman–Crippen MR) is 52.6 cm³/mol. The average molecular weight is 230 g/mol. The number of ether oxygens (including phenoxy) is 1. The predicted octanol–water partition coefficient (Wildman–Crippen LogP) is 2.76. The second kappa shape index (κ2) is 4.45. The van der Waals surface area contributed by atoms with E-state index in [4.69, 9.17) is 4.74 Å². The zero-order valence-corrected chi connectivity index (χ0v) is 8.84. The van der Waals surface area contributed by atoms with Crippen LogP contribution in [0.5, 0.6) is 5.88 Å². The van der Waals surface area contributed by atoms with Crippen molar-refractivity contribution in [3.8, 4) is 5.88 Å². The molecule has 0 aliphatic heterocycles. The van der Waals surface area contributed by atoms with Gasteiger partial charge in [-0.25, -0.2) is 4.98 Å². The fourth-order valence-electron chi connectivity index (χ4n) is 0.801. The van der Waals surface area contributed by atoms with Gasteiger partial charge in [0.25, 0.3) is 0 Å². The molecule has 0 unspecified atom stereocenters. The van der Waals surface area contributed by atoms with Crippen molar-refractivity contribution in [1.29, 1.82) is 0 Å². The highest BCUT2D eigenvalue weighted by molar-refractivity contribution is 9.08. The van der Waals surface area contributed by atoms with Gasteiger partial charge < -0.3 is 4.74 Å². The third-order valence-corrected chi connectivity index (χ3v) is 1.96. The number of nitrogens with zero attached hydrogens (tertiary/aromatic N) is 1. The summed E-state index contributed by atoms with van der Waals surface area (Å²) in [5.74, 6) is 0.690. The van der Waals surface area contributed by atoms with E-state index in [0.717, 1.165) is 10.9 Å². The maximum Gasteiger partial charge on any atom is 0.213 e. The van der Waals surface area contributed by atoms with Crippen LogP contribution in [0.4, 0.5) is 0 Å². The van der Waals surface area contributed by atoms with E-state index in [0.29, 0.717) is 5.88 Å². The highest BCUT2D eigenvalue weighted by Gasteiger charge is 1.97. The molecule has 0 bridgehead atoms. The van der Waals surface area contributed by atoms with E-state index in [1.807, 2.05) is 32.2 Å². The van der Waals surface area contributed by atoms with Crippen LogP contribution >= 0.6 is 15.9 Å². The molecule has 0 radical (unpaired) electrons. The number of alkyl halides is 1. The lowest BCUT2D eigenvalue weighted by Crippen LogP contribution is -2.06. The topological polar surface area (TPSA) is 22.1 Å². The summed E-state index contributed by atoms with van der Waals surface area (Å²) in [6.45, 7) is 3.97. The Kier molecular flexibility index (Phi) is 3.53. The summed E-state index contributed by atoms with van der Waals surface area (Å²) >= 11 is 3.35. The molecule has 0 aromatic carbocycles. The zero-order chi connectivity index (χ0) is 8.97. The summed E-state index contributed by atoms with van der Waals surface area (Å²) in [5.41, 5.74) is 1.16. The van der Waals surface area contributed by atoms with Crippen LogP contribution in [0.2, 0.25) is 0 Å².